The first-order valence-corrected chi connectivity index (χ1v) is 7.65. The van der Waals surface area contributed by atoms with Crippen LogP contribution in [-0.2, 0) is 13.1 Å². The minimum Gasteiger partial charge on any atom is -0.494 e. The molecule has 1 saturated heterocycles. The average Bonchev–Trinajstić information content (AvgIpc) is 3.02. The van der Waals surface area contributed by atoms with Gasteiger partial charge in [-0.25, -0.2) is 9.37 Å². The van der Waals surface area contributed by atoms with Gasteiger partial charge in [-0.15, -0.1) is 0 Å². The maximum atomic E-state index is 13.8. The molecule has 1 atom stereocenters. The second-order valence-electron chi connectivity index (χ2n) is 5.71. The molecule has 1 fully saturated rings. The van der Waals surface area contributed by atoms with Gasteiger partial charge in [-0.05, 0) is 37.1 Å². The Morgan fingerprint density at radius 2 is 2.27 bits per heavy atom. The monoisotopic (exact) mass is 304 g/mol. The van der Waals surface area contributed by atoms with Gasteiger partial charge >= 0.3 is 0 Å². The first kappa shape index (κ1) is 15.0. The SMILES string of the molecule is COc1ccc(CN2CCCCC2Cn2cncn2)cc1F. The molecular weight excluding hydrogens is 283 g/mol. The molecule has 2 aromatic rings. The number of benzene rings is 1. The first-order chi connectivity index (χ1) is 10.8. The van der Waals surface area contributed by atoms with Crippen LogP contribution in [0.3, 0.4) is 0 Å². The van der Waals surface area contributed by atoms with Gasteiger partial charge in [0, 0.05) is 12.6 Å². The van der Waals surface area contributed by atoms with E-state index in [1.807, 2.05) is 10.7 Å². The standard InChI is InChI=1S/C16H21FN4O/c1-22-16-6-5-13(8-15(16)17)9-20-7-3-2-4-14(20)10-21-12-18-11-19-21/h5-6,8,11-12,14H,2-4,7,9-10H2,1H3. The summed E-state index contributed by atoms with van der Waals surface area (Å²) < 4.78 is 20.7. The molecule has 0 amide bonds. The number of methoxy groups -OCH3 is 1. The highest BCUT2D eigenvalue weighted by atomic mass is 19.1. The van der Waals surface area contributed by atoms with Crippen LogP contribution in [0.1, 0.15) is 24.8 Å². The Labute approximate surface area is 129 Å². The molecule has 1 aromatic carbocycles. The van der Waals surface area contributed by atoms with Crippen molar-refractivity contribution in [2.24, 2.45) is 0 Å². The van der Waals surface area contributed by atoms with E-state index in [0.29, 0.717) is 11.8 Å². The van der Waals surface area contributed by atoms with Crippen LogP contribution in [0.15, 0.2) is 30.9 Å². The first-order valence-electron chi connectivity index (χ1n) is 7.65. The Morgan fingerprint density at radius 3 is 3.00 bits per heavy atom. The van der Waals surface area contributed by atoms with Gasteiger partial charge in [-0.2, -0.15) is 5.10 Å². The van der Waals surface area contributed by atoms with Crippen LogP contribution in [-0.4, -0.2) is 39.4 Å². The lowest BCUT2D eigenvalue weighted by Crippen LogP contribution is -2.41. The van der Waals surface area contributed by atoms with Crippen molar-refractivity contribution in [3.63, 3.8) is 0 Å². The van der Waals surface area contributed by atoms with Gasteiger partial charge in [0.1, 0.15) is 12.7 Å². The number of ether oxygens (including phenoxy) is 1. The number of hydrogen-bond donors (Lipinski definition) is 0. The van der Waals surface area contributed by atoms with E-state index in [-0.39, 0.29) is 5.82 Å². The molecule has 6 heteroatoms. The van der Waals surface area contributed by atoms with Crippen LogP contribution in [0.4, 0.5) is 4.39 Å². The molecule has 1 unspecified atom stereocenters. The van der Waals surface area contributed by atoms with Gasteiger partial charge in [0.15, 0.2) is 11.6 Å². The van der Waals surface area contributed by atoms with E-state index in [4.69, 9.17) is 4.74 Å². The molecule has 3 rings (SSSR count). The minimum absolute atomic E-state index is 0.293. The highest BCUT2D eigenvalue weighted by molar-refractivity contribution is 5.29. The maximum absolute atomic E-state index is 13.8. The summed E-state index contributed by atoms with van der Waals surface area (Å²) in [5.41, 5.74) is 0.976. The number of piperidine rings is 1. The molecule has 22 heavy (non-hydrogen) atoms. The fourth-order valence-corrected chi connectivity index (χ4v) is 3.06. The molecule has 0 spiro atoms. The number of hydrogen-bond acceptors (Lipinski definition) is 4. The number of aromatic nitrogens is 3. The summed E-state index contributed by atoms with van der Waals surface area (Å²) in [6.07, 6.45) is 6.86. The Morgan fingerprint density at radius 1 is 1.36 bits per heavy atom. The zero-order chi connectivity index (χ0) is 15.4. The van der Waals surface area contributed by atoms with Crippen LogP contribution in [0.5, 0.6) is 5.75 Å². The highest BCUT2D eigenvalue weighted by Crippen LogP contribution is 2.23. The van der Waals surface area contributed by atoms with Crippen LogP contribution < -0.4 is 4.74 Å². The van der Waals surface area contributed by atoms with E-state index in [1.54, 1.807) is 24.8 Å². The molecule has 0 radical (unpaired) electrons. The van der Waals surface area contributed by atoms with Crippen LogP contribution in [0, 0.1) is 5.82 Å². The van der Waals surface area contributed by atoms with E-state index in [1.165, 1.54) is 20.0 Å². The summed E-state index contributed by atoms with van der Waals surface area (Å²) in [7, 11) is 1.48. The molecule has 0 bridgehead atoms. The molecule has 0 saturated carbocycles. The Kier molecular flexibility index (Phi) is 4.68. The normalized spacial score (nSPS) is 19.3. The predicted molar refractivity (Wildman–Crippen MR) is 81.0 cm³/mol. The summed E-state index contributed by atoms with van der Waals surface area (Å²) in [4.78, 5) is 6.41. The van der Waals surface area contributed by atoms with Crippen molar-refractivity contribution in [1.82, 2.24) is 19.7 Å². The van der Waals surface area contributed by atoms with Crippen molar-refractivity contribution in [1.29, 1.82) is 0 Å². The number of halogens is 1. The van der Waals surface area contributed by atoms with Crippen molar-refractivity contribution in [2.75, 3.05) is 13.7 Å². The molecular formula is C16H21FN4O. The second-order valence-corrected chi connectivity index (χ2v) is 5.71. The lowest BCUT2D eigenvalue weighted by atomic mass is 10.0. The third-order valence-electron chi connectivity index (χ3n) is 4.22. The summed E-state index contributed by atoms with van der Waals surface area (Å²) in [5.74, 6) is -0.00797. The van der Waals surface area contributed by atoms with Crippen LogP contribution >= 0.6 is 0 Å². The van der Waals surface area contributed by atoms with Crippen molar-refractivity contribution < 1.29 is 9.13 Å². The van der Waals surface area contributed by atoms with Crippen molar-refractivity contribution in [2.45, 2.75) is 38.4 Å². The van der Waals surface area contributed by atoms with Gasteiger partial charge in [0.05, 0.1) is 13.7 Å². The molecule has 0 aliphatic carbocycles. The number of likely N-dealkylation sites (tertiary alicyclic amines) is 1. The lowest BCUT2D eigenvalue weighted by molar-refractivity contribution is 0.121. The van der Waals surface area contributed by atoms with E-state index in [0.717, 1.165) is 31.6 Å². The molecule has 5 nitrogen and oxygen atoms in total. The van der Waals surface area contributed by atoms with Gasteiger partial charge in [-0.1, -0.05) is 12.5 Å². The molecule has 0 N–H and O–H groups in total. The smallest absolute Gasteiger partial charge is 0.165 e. The second kappa shape index (κ2) is 6.87. The summed E-state index contributed by atoms with van der Waals surface area (Å²) in [6, 6.07) is 5.62. The van der Waals surface area contributed by atoms with Crippen molar-refractivity contribution in [3.8, 4) is 5.75 Å². The highest BCUT2D eigenvalue weighted by Gasteiger charge is 2.23. The molecule has 2 heterocycles. The average molecular weight is 304 g/mol. The largest absolute Gasteiger partial charge is 0.494 e. The fraction of sp³-hybridized carbons (Fsp3) is 0.500. The molecule has 1 aromatic heterocycles. The Bertz CT molecular complexity index is 602. The number of nitrogens with zero attached hydrogens (tertiary/aromatic N) is 4. The van der Waals surface area contributed by atoms with Gasteiger partial charge in [0.25, 0.3) is 0 Å². The molecule has 1 aliphatic heterocycles. The van der Waals surface area contributed by atoms with Crippen LogP contribution in [0.2, 0.25) is 0 Å². The molecule has 1 aliphatic rings. The lowest BCUT2D eigenvalue weighted by Gasteiger charge is -2.35. The summed E-state index contributed by atoms with van der Waals surface area (Å²) in [6.45, 7) is 2.62. The summed E-state index contributed by atoms with van der Waals surface area (Å²) >= 11 is 0. The Hall–Kier alpha value is -1.95. The quantitative estimate of drug-likeness (QED) is 0.851. The summed E-state index contributed by atoms with van der Waals surface area (Å²) in [5, 5.41) is 4.19. The van der Waals surface area contributed by atoms with Gasteiger partial charge in [-0.3, -0.25) is 9.58 Å². The van der Waals surface area contributed by atoms with Gasteiger partial charge in [0.2, 0.25) is 0 Å². The topological polar surface area (TPSA) is 43.2 Å². The fourth-order valence-electron chi connectivity index (χ4n) is 3.06. The van der Waals surface area contributed by atoms with E-state index in [2.05, 4.69) is 15.0 Å². The van der Waals surface area contributed by atoms with E-state index < -0.39 is 0 Å². The predicted octanol–water partition coefficient (Wildman–Crippen LogP) is 2.48. The Balaban J connectivity index is 1.69. The zero-order valence-corrected chi connectivity index (χ0v) is 12.8. The third-order valence-corrected chi connectivity index (χ3v) is 4.22. The zero-order valence-electron chi connectivity index (χ0n) is 12.8. The van der Waals surface area contributed by atoms with Crippen molar-refractivity contribution in [3.05, 3.63) is 42.2 Å². The molecule has 118 valence electrons. The number of rotatable bonds is 5. The van der Waals surface area contributed by atoms with E-state index in [9.17, 15) is 4.39 Å². The maximum Gasteiger partial charge on any atom is 0.165 e. The third kappa shape index (κ3) is 3.44. The minimum atomic E-state index is -0.301. The van der Waals surface area contributed by atoms with Gasteiger partial charge < -0.3 is 4.74 Å². The van der Waals surface area contributed by atoms with E-state index >= 15 is 0 Å². The van der Waals surface area contributed by atoms with Crippen LogP contribution in [0.25, 0.3) is 0 Å². The van der Waals surface area contributed by atoms with Crippen molar-refractivity contribution >= 4 is 0 Å².